The predicted octanol–water partition coefficient (Wildman–Crippen LogP) is 3.35. The molecule has 9 heteroatoms. The fraction of sp³-hybridized carbons (Fsp3) is 0.429. The SMILES string of the molecule is CCOC(=O)c1ccc2c(c1)sc(=NC(=O)c1cc(C)n(C(C)C)n1)n2CCOC. The second-order valence-electron chi connectivity index (χ2n) is 7.06. The number of rotatable bonds is 7. The standard InChI is InChI=1S/C21H26N4O4S/c1-6-29-20(27)15-7-8-17-18(12-15)30-21(24(17)9-10-28-5)22-19(26)16-11-14(4)25(23-16)13(2)3/h7-8,11-13H,6,9-10H2,1-5H3. The highest BCUT2D eigenvalue weighted by molar-refractivity contribution is 7.16. The van der Waals surface area contributed by atoms with Gasteiger partial charge in [-0.25, -0.2) is 4.79 Å². The van der Waals surface area contributed by atoms with Crippen molar-refractivity contribution in [3.05, 3.63) is 46.0 Å². The summed E-state index contributed by atoms with van der Waals surface area (Å²) in [5, 5.41) is 4.39. The Morgan fingerprint density at radius 2 is 2.03 bits per heavy atom. The molecule has 1 amide bonds. The van der Waals surface area contributed by atoms with Crippen LogP contribution in [0, 0.1) is 6.92 Å². The van der Waals surface area contributed by atoms with Crippen molar-refractivity contribution >= 4 is 33.4 Å². The van der Waals surface area contributed by atoms with Gasteiger partial charge < -0.3 is 14.0 Å². The minimum Gasteiger partial charge on any atom is -0.462 e. The Kier molecular flexibility index (Phi) is 6.84. The second kappa shape index (κ2) is 9.36. The van der Waals surface area contributed by atoms with E-state index in [0.29, 0.717) is 35.8 Å². The quantitative estimate of drug-likeness (QED) is 0.537. The van der Waals surface area contributed by atoms with Gasteiger partial charge >= 0.3 is 5.97 Å². The Morgan fingerprint density at radius 3 is 2.67 bits per heavy atom. The number of hydrogen-bond acceptors (Lipinski definition) is 6. The molecule has 0 aliphatic carbocycles. The van der Waals surface area contributed by atoms with E-state index in [2.05, 4.69) is 10.1 Å². The van der Waals surface area contributed by atoms with Gasteiger partial charge in [0.1, 0.15) is 0 Å². The molecule has 0 bridgehead atoms. The van der Waals surface area contributed by atoms with Crippen LogP contribution < -0.4 is 4.80 Å². The zero-order valence-corrected chi connectivity index (χ0v) is 18.7. The number of hydrogen-bond donors (Lipinski definition) is 0. The average molecular weight is 431 g/mol. The van der Waals surface area contributed by atoms with Crippen molar-refractivity contribution < 1.29 is 19.1 Å². The van der Waals surface area contributed by atoms with E-state index in [9.17, 15) is 9.59 Å². The van der Waals surface area contributed by atoms with Gasteiger partial charge in [-0.05, 0) is 52.0 Å². The summed E-state index contributed by atoms with van der Waals surface area (Å²) in [7, 11) is 1.62. The molecule has 0 unspecified atom stereocenters. The van der Waals surface area contributed by atoms with Crippen molar-refractivity contribution in [2.45, 2.75) is 40.3 Å². The van der Waals surface area contributed by atoms with E-state index >= 15 is 0 Å². The van der Waals surface area contributed by atoms with E-state index in [1.807, 2.05) is 31.4 Å². The average Bonchev–Trinajstić information content (AvgIpc) is 3.26. The van der Waals surface area contributed by atoms with Crippen LogP contribution in [0.25, 0.3) is 10.2 Å². The molecular formula is C21H26N4O4S. The highest BCUT2D eigenvalue weighted by Gasteiger charge is 2.16. The summed E-state index contributed by atoms with van der Waals surface area (Å²) in [6.45, 7) is 9.01. The second-order valence-corrected chi connectivity index (χ2v) is 8.07. The first kappa shape index (κ1) is 21.9. The van der Waals surface area contributed by atoms with Crippen molar-refractivity contribution in [1.29, 1.82) is 0 Å². The molecule has 0 N–H and O–H groups in total. The first-order valence-electron chi connectivity index (χ1n) is 9.80. The summed E-state index contributed by atoms with van der Waals surface area (Å²) >= 11 is 1.34. The van der Waals surface area contributed by atoms with Crippen molar-refractivity contribution in [3.8, 4) is 0 Å². The smallest absolute Gasteiger partial charge is 0.338 e. The van der Waals surface area contributed by atoms with Gasteiger partial charge in [0, 0.05) is 25.4 Å². The molecule has 2 aromatic heterocycles. The van der Waals surface area contributed by atoms with Crippen LogP contribution in [-0.2, 0) is 16.0 Å². The number of esters is 1. The van der Waals surface area contributed by atoms with E-state index in [1.54, 1.807) is 36.9 Å². The van der Waals surface area contributed by atoms with E-state index in [-0.39, 0.29) is 12.0 Å². The van der Waals surface area contributed by atoms with Gasteiger partial charge in [0.2, 0.25) is 0 Å². The number of amides is 1. The minimum atomic E-state index is -0.402. The van der Waals surface area contributed by atoms with Gasteiger partial charge in [-0.1, -0.05) is 11.3 Å². The summed E-state index contributed by atoms with van der Waals surface area (Å²) in [6.07, 6.45) is 0. The largest absolute Gasteiger partial charge is 0.462 e. The van der Waals surface area contributed by atoms with Crippen molar-refractivity contribution in [2.24, 2.45) is 4.99 Å². The number of thiazole rings is 1. The van der Waals surface area contributed by atoms with Gasteiger partial charge in [0.05, 0.1) is 29.0 Å². The molecule has 0 aliphatic heterocycles. The van der Waals surface area contributed by atoms with Gasteiger partial charge in [0.15, 0.2) is 10.5 Å². The van der Waals surface area contributed by atoms with Crippen molar-refractivity contribution in [1.82, 2.24) is 14.3 Å². The topological polar surface area (TPSA) is 87.7 Å². The maximum atomic E-state index is 12.8. The van der Waals surface area contributed by atoms with Crippen LogP contribution in [0.2, 0.25) is 0 Å². The molecule has 3 aromatic rings. The number of aryl methyl sites for hydroxylation is 1. The fourth-order valence-corrected chi connectivity index (χ4v) is 4.25. The van der Waals surface area contributed by atoms with Crippen LogP contribution in [0.3, 0.4) is 0 Å². The van der Waals surface area contributed by atoms with E-state index in [4.69, 9.17) is 9.47 Å². The zero-order valence-electron chi connectivity index (χ0n) is 17.8. The minimum absolute atomic E-state index is 0.156. The lowest BCUT2D eigenvalue weighted by atomic mass is 10.2. The molecule has 2 heterocycles. The molecular weight excluding hydrogens is 404 g/mol. The Bertz CT molecular complexity index is 1140. The van der Waals surface area contributed by atoms with Gasteiger partial charge in [-0.15, -0.1) is 0 Å². The summed E-state index contributed by atoms with van der Waals surface area (Å²) in [5.41, 5.74) is 2.56. The molecule has 0 radical (unpaired) electrons. The normalized spacial score (nSPS) is 12.1. The number of ether oxygens (including phenoxy) is 2. The van der Waals surface area contributed by atoms with E-state index < -0.39 is 5.91 Å². The molecule has 0 atom stereocenters. The molecule has 160 valence electrons. The van der Waals surface area contributed by atoms with Gasteiger partial charge in [-0.2, -0.15) is 10.1 Å². The van der Waals surface area contributed by atoms with Gasteiger partial charge in [-0.3, -0.25) is 9.48 Å². The number of carbonyl (C=O) groups excluding carboxylic acids is 2. The number of methoxy groups -OCH3 is 1. The van der Waals surface area contributed by atoms with Crippen LogP contribution in [0.4, 0.5) is 0 Å². The van der Waals surface area contributed by atoms with Crippen LogP contribution >= 0.6 is 11.3 Å². The monoisotopic (exact) mass is 430 g/mol. The molecule has 3 rings (SSSR count). The molecule has 0 fully saturated rings. The first-order valence-corrected chi connectivity index (χ1v) is 10.6. The summed E-state index contributed by atoms with van der Waals surface area (Å²) in [5.74, 6) is -0.777. The van der Waals surface area contributed by atoms with Crippen LogP contribution in [0.5, 0.6) is 0 Å². The number of aromatic nitrogens is 3. The lowest BCUT2D eigenvalue weighted by molar-refractivity contribution is 0.0526. The maximum absolute atomic E-state index is 12.8. The van der Waals surface area contributed by atoms with Gasteiger partial charge in [0.25, 0.3) is 5.91 Å². The number of benzene rings is 1. The number of nitrogens with zero attached hydrogens (tertiary/aromatic N) is 4. The van der Waals surface area contributed by atoms with E-state index in [1.165, 1.54) is 11.3 Å². The van der Waals surface area contributed by atoms with Crippen LogP contribution in [0.15, 0.2) is 29.3 Å². The first-order chi connectivity index (χ1) is 14.3. The molecule has 0 saturated heterocycles. The maximum Gasteiger partial charge on any atom is 0.338 e. The molecule has 0 spiro atoms. The summed E-state index contributed by atoms with van der Waals surface area (Å²) in [4.78, 5) is 29.8. The molecule has 8 nitrogen and oxygen atoms in total. The highest BCUT2D eigenvalue weighted by Crippen LogP contribution is 2.20. The number of fused-ring (bicyclic) bond motifs is 1. The van der Waals surface area contributed by atoms with Crippen LogP contribution in [-0.4, -0.2) is 46.5 Å². The highest BCUT2D eigenvalue weighted by atomic mass is 32.1. The molecule has 0 aliphatic rings. The summed E-state index contributed by atoms with van der Waals surface area (Å²) in [6, 6.07) is 7.23. The molecule has 0 saturated carbocycles. The molecule has 30 heavy (non-hydrogen) atoms. The van der Waals surface area contributed by atoms with Crippen molar-refractivity contribution in [2.75, 3.05) is 20.3 Å². The Balaban J connectivity index is 2.07. The van der Waals surface area contributed by atoms with Crippen LogP contribution in [0.1, 0.15) is 53.4 Å². The lowest BCUT2D eigenvalue weighted by Gasteiger charge is -2.06. The fourth-order valence-electron chi connectivity index (χ4n) is 3.16. The lowest BCUT2D eigenvalue weighted by Crippen LogP contribution is -2.19. The van der Waals surface area contributed by atoms with E-state index in [0.717, 1.165) is 15.9 Å². The molecule has 1 aromatic carbocycles. The third kappa shape index (κ3) is 4.52. The Morgan fingerprint density at radius 1 is 1.27 bits per heavy atom. The third-order valence-electron chi connectivity index (χ3n) is 4.54. The third-order valence-corrected chi connectivity index (χ3v) is 5.58. The van der Waals surface area contributed by atoms with Crippen molar-refractivity contribution in [3.63, 3.8) is 0 Å². The predicted molar refractivity (Wildman–Crippen MR) is 115 cm³/mol. The number of carbonyl (C=O) groups is 2. The zero-order chi connectivity index (χ0) is 21.8. The Labute approximate surface area is 178 Å². The summed E-state index contributed by atoms with van der Waals surface area (Å²) < 4.78 is 14.9. The Hall–Kier alpha value is -2.78.